The third kappa shape index (κ3) is 27.5. The largest absolute Gasteiger partial charge is 0.489 e. The summed E-state index contributed by atoms with van der Waals surface area (Å²) < 4.78 is 26.4. The monoisotopic (exact) mass is 1870 g/mol. The first-order valence-electron chi connectivity index (χ1n) is 42.3. The predicted octanol–water partition coefficient (Wildman–Crippen LogP) is 21.3. The molecule has 0 heterocycles. The number of benzene rings is 6. The number of Topliss-reactive ketones (excluding diaryl/α,β-unsaturated/α-hetero) is 1. The summed E-state index contributed by atoms with van der Waals surface area (Å²) in [6.07, 6.45) is 29.5. The standard InChI is InChI=1S/C27H36O2Si.C25H32O3.C23H28O4.C20H26Br2OSi.C4H8Br2O/c1-26(2,3)30(24-12-6-4-7-13-24,25-14-8-5-9-15-25)29-23-16-18-27(20-23)17-10-11-22(19-27)21-28;1-3-6-21(15-22(26)4-2)20-8-10-24(11-9-20)28-18-19-7-5-13-25(16-19)14-12-23(27)17-25;1-2-4-19(13-22(25)26)18-6-8-21(9-7-18)27-16-17-5-3-11-23(14-17)12-10-20(24)15-23;1-20(2,3)24(18-10-6-4-7-11-18,19-12-8-5-9-13-19)23-17(16-22)14-15-21;5-2-1-4(7)3-6/h4-9,12-15,19,23,28H,10-11,16-18,20-21H2,1-3H3;8-11,16,21,23,27H,4-5,7,12-15,17-18H2,1-2H3;6-9,14,19-20,24H,3,5,10-13,15-16H2,1H3,(H,25,26);4-13,17H,14-16H2,1-3H3;4,7H,1-3H2/t23-,27+;21-,23-,25+;19-,20-,23+;17-;4-/m00000/s1. The molecule has 0 radical (unpaired) electrons. The van der Waals surface area contributed by atoms with Crippen molar-refractivity contribution in [3.63, 3.8) is 0 Å². The molecule has 0 aliphatic heterocycles. The van der Waals surface area contributed by atoms with Crippen LogP contribution in [0.3, 0.4) is 0 Å². The molecule has 6 aliphatic rings. The topological polar surface area (TPSA) is 172 Å². The first-order chi connectivity index (χ1) is 55.7. The van der Waals surface area contributed by atoms with E-state index < -0.39 is 22.6 Å². The van der Waals surface area contributed by atoms with E-state index in [-0.39, 0.29) is 87.5 Å². The number of ketones is 1. The molecule has 12 rings (SSSR count). The number of rotatable bonds is 28. The Morgan fingerprint density at radius 3 is 1.24 bits per heavy atom. The summed E-state index contributed by atoms with van der Waals surface area (Å²) in [7, 11) is -4.91. The van der Waals surface area contributed by atoms with Crippen LogP contribution in [0.2, 0.25) is 10.1 Å². The molecule has 10 atom stereocenters. The van der Waals surface area contributed by atoms with Crippen molar-refractivity contribution in [1.82, 2.24) is 0 Å². The van der Waals surface area contributed by atoms with Crippen molar-refractivity contribution >= 4 is 113 Å². The SMILES string of the molecule is CC#C[C@@H](CC(=O)CC)c1ccc(OCC2=C[C@@]3(CCC2)CC[C@H](O)C3)cc1.CC#C[C@@H](CC(=O)O)c1ccc(OCC2=C[C@@]3(CCC2)CC[C@H](O)C3)cc1.CC(C)(C)[Si](O[C@H](CBr)CCBr)(c1ccccc1)c1ccccc1.CC(C)(C)[Si](O[C@H]1CC[C@]2(C=C(CO)CCC2)C1)(c1ccccc1)c1ccccc1.O[C@H](CBr)CCBr. The zero-order chi connectivity index (χ0) is 83.8. The number of hydrogen-bond acceptors (Lipinski definition) is 10. The van der Waals surface area contributed by atoms with Gasteiger partial charge in [-0.25, -0.2) is 0 Å². The first-order valence-corrected chi connectivity index (χ1v) is 50.6. The zero-order valence-corrected chi connectivity index (χ0v) is 78.7. The minimum Gasteiger partial charge on any atom is -0.489 e. The molecule has 6 aliphatic carbocycles. The number of halogens is 4. The van der Waals surface area contributed by atoms with Crippen molar-refractivity contribution in [2.75, 3.05) is 41.1 Å². The second-order valence-corrected chi connectivity index (χ2v) is 46.2. The van der Waals surface area contributed by atoms with Gasteiger partial charge in [0.1, 0.15) is 30.5 Å². The smallest absolute Gasteiger partial charge is 0.304 e. The van der Waals surface area contributed by atoms with E-state index >= 15 is 0 Å². The molecule has 0 aromatic heterocycles. The fraction of sp³-hybridized carbons (Fsp3) is 0.515. The third-order valence-electron chi connectivity index (χ3n) is 24.1. The summed E-state index contributed by atoms with van der Waals surface area (Å²) in [4.78, 5) is 22.8. The van der Waals surface area contributed by atoms with Gasteiger partial charge in [-0.3, -0.25) is 9.59 Å². The van der Waals surface area contributed by atoms with Crippen LogP contribution in [0.1, 0.15) is 233 Å². The molecule has 17 heteroatoms. The fourth-order valence-corrected chi connectivity index (χ4v) is 29.8. The van der Waals surface area contributed by atoms with Gasteiger partial charge in [-0.15, -0.1) is 11.8 Å². The van der Waals surface area contributed by atoms with Crippen LogP contribution < -0.4 is 30.2 Å². The van der Waals surface area contributed by atoms with Crippen LogP contribution in [0.15, 0.2) is 205 Å². The molecule has 6 aromatic carbocycles. The highest BCUT2D eigenvalue weighted by Crippen LogP contribution is 2.52. The minimum atomic E-state index is -2.49. The Kier molecular flexibility index (Phi) is 38.9. The lowest BCUT2D eigenvalue weighted by Crippen LogP contribution is -2.67. The highest BCUT2D eigenvalue weighted by atomic mass is 79.9. The van der Waals surface area contributed by atoms with E-state index in [2.05, 4.69) is 268 Å². The Hall–Kier alpha value is -5.49. The van der Waals surface area contributed by atoms with E-state index in [0.29, 0.717) is 31.4 Å². The number of carbonyl (C=O) groups excluding carboxylic acids is 1. The molecule has 0 bridgehead atoms. The molecule has 11 nitrogen and oxygen atoms in total. The van der Waals surface area contributed by atoms with E-state index in [1.165, 1.54) is 76.0 Å². The molecule has 0 unspecified atom stereocenters. The van der Waals surface area contributed by atoms with Gasteiger partial charge in [-0.1, -0.05) is 288 Å². The van der Waals surface area contributed by atoms with Crippen LogP contribution >= 0.6 is 63.7 Å². The Balaban J connectivity index is 0.000000188. The Labute approximate surface area is 731 Å². The molecule has 3 fully saturated rings. The lowest BCUT2D eigenvalue weighted by atomic mass is 9.75. The Morgan fingerprint density at radius 1 is 0.509 bits per heavy atom. The van der Waals surface area contributed by atoms with Crippen LogP contribution in [0.5, 0.6) is 11.5 Å². The first kappa shape index (κ1) is 96.0. The molecule has 0 saturated heterocycles. The lowest BCUT2D eigenvalue weighted by molar-refractivity contribution is -0.137. The number of aliphatic hydroxyl groups excluding tert-OH is 4. The molecule has 3 saturated carbocycles. The van der Waals surface area contributed by atoms with Gasteiger partial charge in [0, 0.05) is 40.3 Å². The normalized spacial score (nSPS) is 22.0. The van der Waals surface area contributed by atoms with E-state index in [1.807, 2.05) is 62.4 Å². The summed E-state index contributed by atoms with van der Waals surface area (Å²) in [5, 5.41) is 56.1. The molecule has 6 aromatic rings. The summed E-state index contributed by atoms with van der Waals surface area (Å²) in [5.74, 6) is 12.6. The average molecular weight is 1870 g/mol. The number of alkyl halides is 4. The van der Waals surface area contributed by atoms with Crippen molar-refractivity contribution in [2.45, 2.75) is 262 Å². The fourth-order valence-electron chi connectivity index (χ4n) is 18.3. The van der Waals surface area contributed by atoms with Crippen molar-refractivity contribution in [3.8, 4) is 35.2 Å². The molecular weight excluding hydrogens is 1740 g/mol. The number of allylic oxidation sites excluding steroid dienone is 3. The van der Waals surface area contributed by atoms with Gasteiger partial charge in [0.2, 0.25) is 0 Å². The average Bonchev–Trinajstić information content (AvgIpc) is 1.12. The Bertz CT molecular complexity index is 4110. The minimum absolute atomic E-state index is 0.00185. The van der Waals surface area contributed by atoms with Crippen molar-refractivity contribution in [3.05, 3.63) is 216 Å². The van der Waals surface area contributed by atoms with Gasteiger partial charge in [0.05, 0.1) is 49.3 Å². The number of carboxylic acids is 1. The van der Waals surface area contributed by atoms with Crippen molar-refractivity contribution < 1.29 is 53.4 Å². The number of aliphatic hydroxyl groups is 4. The maximum absolute atomic E-state index is 11.8. The predicted molar refractivity (Wildman–Crippen MR) is 498 cm³/mol. The molecule has 5 N–H and O–H groups in total. The summed E-state index contributed by atoms with van der Waals surface area (Å²) in [5.41, 5.74) is 6.49. The van der Waals surface area contributed by atoms with E-state index in [0.717, 1.165) is 129 Å². The van der Waals surface area contributed by atoms with Gasteiger partial charge < -0.3 is 43.9 Å². The summed E-state index contributed by atoms with van der Waals surface area (Å²) >= 11 is 13.6. The molecule has 628 valence electrons. The van der Waals surface area contributed by atoms with Crippen LogP contribution in [-0.2, 0) is 18.4 Å². The molecule has 3 spiro atoms. The van der Waals surface area contributed by atoms with E-state index in [9.17, 15) is 24.9 Å². The second-order valence-electron chi connectivity index (χ2n) is 34.8. The molecular formula is C99H130Br4O11Si2. The second kappa shape index (κ2) is 47.1. The highest BCUT2D eigenvalue weighted by Gasteiger charge is 2.54. The number of carboxylic acid groups (broad SMARTS) is 1. The number of hydrogen-bond donors (Lipinski definition) is 5. The van der Waals surface area contributed by atoms with Crippen LogP contribution in [0.25, 0.3) is 0 Å². The Morgan fingerprint density at radius 2 is 0.897 bits per heavy atom. The van der Waals surface area contributed by atoms with Crippen LogP contribution in [0, 0.1) is 39.9 Å². The quantitative estimate of drug-likeness (QED) is 0.0137. The van der Waals surface area contributed by atoms with Crippen LogP contribution in [0.4, 0.5) is 0 Å². The van der Waals surface area contributed by atoms with E-state index in [1.54, 1.807) is 6.92 Å². The van der Waals surface area contributed by atoms with Crippen molar-refractivity contribution in [2.24, 2.45) is 16.2 Å². The van der Waals surface area contributed by atoms with Crippen molar-refractivity contribution in [1.29, 1.82) is 0 Å². The maximum Gasteiger partial charge on any atom is 0.304 e. The number of aliphatic carboxylic acids is 1. The number of carbonyl (C=O) groups is 2. The van der Waals surface area contributed by atoms with Gasteiger partial charge in [0.15, 0.2) is 0 Å². The van der Waals surface area contributed by atoms with Gasteiger partial charge >= 0.3 is 5.97 Å². The maximum atomic E-state index is 11.8. The lowest BCUT2D eigenvalue weighted by Gasteiger charge is -2.45. The van der Waals surface area contributed by atoms with Gasteiger partial charge in [0.25, 0.3) is 16.6 Å². The summed E-state index contributed by atoms with van der Waals surface area (Å²) in [6.45, 7) is 20.9. The third-order valence-corrected chi connectivity index (χ3v) is 36.7. The number of ether oxygens (including phenoxy) is 2. The van der Waals surface area contributed by atoms with E-state index in [4.69, 9.17) is 28.5 Å². The zero-order valence-electron chi connectivity index (χ0n) is 70.3. The molecule has 0 amide bonds. The van der Waals surface area contributed by atoms with Gasteiger partial charge in [-0.2, -0.15) is 0 Å². The molecule has 116 heavy (non-hydrogen) atoms. The van der Waals surface area contributed by atoms with Gasteiger partial charge in [-0.05, 0) is 241 Å². The highest BCUT2D eigenvalue weighted by molar-refractivity contribution is 9.09. The van der Waals surface area contributed by atoms with Crippen LogP contribution in [-0.4, -0.2) is 126 Å². The summed E-state index contributed by atoms with van der Waals surface area (Å²) in [6, 6.07) is 59.2.